The number of carboxylic acids is 1. The number of halogens is 1. The maximum absolute atomic E-state index is 12.9. The van der Waals surface area contributed by atoms with Crippen molar-refractivity contribution >= 4 is 17.9 Å². The molecule has 1 aromatic rings. The Bertz CT molecular complexity index is 533. The quantitative estimate of drug-likeness (QED) is 0.740. The van der Waals surface area contributed by atoms with Crippen LogP contribution in [0.5, 0.6) is 5.75 Å². The van der Waals surface area contributed by atoms with E-state index >= 15 is 0 Å². The molecule has 0 bridgehead atoms. The van der Waals surface area contributed by atoms with Crippen molar-refractivity contribution in [1.29, 1.82) is 0 Å². The Morgan fingerprint density at radius 2 is 2.05 bits per heavy atom. The number of hydrogen-bond donors (Lipinski definition) is 3. The van der Waals surface area contributed by atoms with Crippen molar-refractivity contribution < 1.29 is 28.6 Å². The predicted molar refractivity (Wildman–Crippen MR) is 66.1 cm³/mol. The zero-order valence-corrected chi connectivity index (χ0v) is 10.6. The maximum Gasteiger partial charge on any atom is 0.339 e. The molecule has 7 nitrogen and oxygen atoms in total. The van der Waals surface area contributed by atoms with Crippen molar-refractivity contribution in [3.05, 3.63) is 29.6 Å². The fourth-order valence-electron chi connectivity index (χ4n) is 1.31. The van der Waals surface area contributed by atoms with Gasteiger partial charge in [0, 0.05) is 6.54 Å². The van der Waals surface area contributed by atoms with Gasteiger partial charge in [0.15, 0.2) is 6.61 Å². The predicted octanol–water partition coefficient (Wildman–Crippen LogP) is 0.748. The fourth-order valence-corrected chi connectivity index (χ4v) is 1.31. The van der Waals surface area contributed by atoms with Crippen LogP contribution in [0.3, 0.4) is 0 Å². The first-order valence-corrected chi connectivity index (χ1v) is 5.67. The van der Waals surface area contributed by atoms with Crippen LogP contribution in [-0.4, -0.2) is 36.2 Å². The second-order valence-corrected chi connectivity index (χ2v) is 3.64. The molecule has 0 spiro atoms. The van der Waals surface area contributed by atoms with Crippen LogP contribution in [0.25, 0.3) is 0 Å². The molecule has 0 aliphatic carbocycles. The second-order valence-electron chi connectivity index (χ2n) is 3.64. The van der Waals surface area contributed by atoms with Gasteiger partial charge >= 0.3 is 12.0 Å². The van der Waals surface area contributed by atoms with Gasteiger partial charge in [-0.15, -0.1) is 0 Å². The number of nitrogens with one attached hydrogen (secondary N) is 2. The van der Waals surface area contributed by atoms with Gasteiger partial charge in [-0.3, -0.25) is 10.1 Å². The van der Waals surface area contributed by atoms with E-state index in [0.717, 1.165) is 18.2 Å². The summed E-state index contributed by atoms with van der Waals surface area (Å²) in [5.41, 5.74) is -0.407. The van der Waals surface area contributed by atoms with E-state index in [4.69, 9.17) is 9.84 Å². The molecule has 0 radical (unpaired) electrons. The number of carboxylic acid groups (broad SMARTS) is 1. The van der Waals surface area contributed by atoms with Crippen molar-refractivity contribution in [2.24, 2.45) is 0 Å². The lowest BCUT2D eigenvalue weighted by Gasteiger charge is -2.09. The van der Waals surface area contributed by atoms with Crippen molar-refractivity contribution in [1.82, 2.24) is 10.6 Å². The molecule has 0 aliphatic rings. The summed E-state index contributed by atoms with van der Waals surface area (Å²) < 4.78 is 17.9. The molecule has 0 heterocycles. The minimum absolute atomic E-state index is 0.162. The van der Waals surface area contributed by atoms with Crippen LogP contribution in [0, 0.1) is 5.82 Å². The molecule has 0 saturated heterocycles. The highest BCUT2D eigenvalue weighted by molar-refractivity contribution is 5.95. The summed E-state index contributed by atoms with van der Waals surface area (Å²) in [5.74, 6) is -3.04. The third kappa shape index (κ3) is 4.56. The lowest BCUT2D eigenvalue weighted by Crippen LogP contribution is -2.41. The van der Waals surface area contributed by atoms with Crippen LogP contribution in [-0.2, 0) is 4.79 Å². The van der Waals surface area contributed by atoms with Gasteiger partial charge in [-0.2, -0.15) is 0 Å². The number of benzene rings is 1. The molecule has 3 N–H and O–H groups in total. The number of carbonyl (C=O) groups is 3. The lowest BCUT2D eigenvalue weighted by atomic mass is 10.2. The summed E-state index contributed by atoms with van der Waals surface area (Å²) in [4.78, 5) is 33.2. The lowest BCUT2D eigenvalue weighted by molar-refractivity contribution is -0.122. The highest BCUT2D eigenvalue weighted by Gasteiger charge is 2.14. The summed E-state index contributed by atoms with van der Waals surface area (Å²) in [6.45, 7) is 1.46. The van der Waals surface area contributed by atoms with Gasteiger partial charge in [0.05, 0.1) is 0 Å². The first-order valence-electron chi connectivity index (χ1n) is 5.67. The Hall–Kier alpha value is -2.64. The Kier molecular flexibility index (Phi) is 5.45. The van der Waals surface area contributed by atoms with E-state index in [0.29, 0.717) is 6.54 Å². The standard InChI is InChI=1S/C12H13FN2O5/c1-2-14-12(19)15-10(16)6-20-9-4-3-7(13)5-8(9)11(17)18/h3-5H,2,6H2,1H3,(H,17,18)(H2,14,15,16,19). The van der Waals surface area contributed by atoms with Crippen molar-refractivity contribution in [3.8, 4) is 5.75 Å². The van der Waals surface area contributed by atoms with E-state index in [1.807, 2.05) is 5.32 Å². The smallest absolute Gasteiger partial charge is 0.339 e. The van der Waals surface area contributed by atoms with E-state index in [-0.39, 0.29) is 5.75 Å². The van der Waals surface area contributed by atoms with Crippen LogP contribution in [0.15, 0.2) is 18.2 Å². The normalized spacial score (nSPS) is 9.70. The highest BCUT2D eigenvalue weighted by Crippen LogP contribution is 2.19. The molecule has 0 unspecified atom stereocenters. The van der Waals surface area contributed by atoms with Crippen molar-refractivity contribution in [2.45, 2.75) is 6.92 Å². The molecule has 0 fully saturated rings. The molecular formula is C12H13FN2O5. The van der Waals surface area contributed by atoms with Gasteiger partial charge < -0.3 is 15.2 Å². The monoisotopic (exact) mass is 284 g/mol. The van der Waals surface area contributed by atoms with E-state index in [2.05, 4.69) is 5.32 Å². The van der Waals surface area contributed by atoms with Gasteiger partial charge in [-0.05, 0) is 25.1 Å². The fraction of sp³-hybridized carbons (Fsp3) is 0.250. The van der Waals surface area contributed by atoms with E-state index in [1.165, 1.54) is 0 Å². The summed E-state index contributed by atoms with van der Waals surface area (Å²) in [6, 6.07) is 2.19. The first kappa shape index (κ1) is 15.4. The molecule has 0 atom stereocenters. The molecular weight excluding hydrogens is 271 g/mol. The van der Waals surface area contributed by atoms with Crippen molar-refractivity contribution in [2.75, 3.05) is 13.2 Å². The Morgan fingerprint density at radius 1 is 1.35 bits per heavy atom. The van der Waals surface area contributed by atoms with Gasteiger partial charge in [0.2, 0.25) is 0 Å². The molecule has 20 heavy (non-hydrogen) atoms. The highest BCUT2D eigenvalue weighted by atomic mass is 19.1. The van der Waals surface area contributed by atoms with Gasteiger partial charge in [-0.1, -0.05) is 0 Å². The number of rotatable bonds is 5. The SMILES string of the molecule is CCNC(=O)NC(=O)COc1ccc(F)cc1C(=O)O. The molecule has 3 amide bonds. The molecule has 0 aliphatic heterocycles. The first-order chi connectivity index (χ1) is 9.43. The average molecular weight is 284 g/mol. The van der Waals surface area contributed by atoms with Crippen molar-refractivity contribution in [3.63, 3.8) is 0 Å². The Balaban J connectivity index is 2.64. The number of urea groups is 1. The molecule has 108 valence electrons. The topological polar surface area (TPSA) is 105 Å². The number of imide groups is 1. The second kappa shape index (κ2) is 7.07. The molecule has 1 rings (SSSR count). The largest absolute Gasteiger partial charge is 0.483 e. The van der Waals surface area contributed by atoms with Crippen LogP contribution in [0.4, 0.5) is 9.18 Å². The van der Waals surface area contributed by atoms with E-state index < -0.39 is 35.9 Å². The Morgan fingerprint density at radius 3 is 2.65 bits per heavy atom. The van der Waals surface area contributed by atoms with Crippen LogP contribution < -0.4 is 15.4 Å². The van der Waals surface area contributed by atoms with Crippen LogP contribution in [0.2, 0.25) is 0 Å². The average Bonchev–Trinajstić information content (AvgIpc) is 2.37. The van der Waals surface area contributed by atoms with Crippen LogP contribution in [0.1, 0.15) is 17.3 Å². The number of carbonyl (C=O) groups excluding carboxylic acids is 2. The van der Waals surface area contributed by atoms with Gasteiger partial charge in [0.1, 0.15) is 17.1 Å². The molecule has 1 aromatic carbocycles. The summed E-state index contributed by atoms with van der Waals surface area (Å²) in [6.07, 6.45) is 0. The molecule has 0 saturated carbocycles. The maximum atomic E-state index is 12.9. The Labute approximate surface area is 113 Å². The number of aromatic carboxylic acids is 1. The zero-order valence-electron chi connectivity index (χ0n) is 10.6. The van der Waals surface area contributed by atoms with E-state index in [1.54, 1.807) is 6.92 Å². The van der Waals surface area contributed by atoms with Gasteiger partial charge in [-0.25, -0.2) is 14.0 Å². The zero-order chi connectivity index (χ0) is 15.1. The molecule has 8 heteroatoms. The summed E-state index contributed by atoms with van der Waals surface area (Å²) in [5, 5.41) is 13.2. The molecule has 0 aromatic heterocycles. The third-order valence-corrected chi connectivity index (χ3v) is 2.12. The minimum Gasteiger partial charge on any atom is -0.483 e. The summed E-state index contributed by atoms with van der Waals surface area (Å²) in [7, 11) is 0. The number of ether oxygens (including phenoxy) is 1. The third-order valence-electron chi connectivity index (χ3n) is 2.12. The minimum atomic E-state index is -1.39. The van der Waals surface area contributed by atoms with E-state index in [9.17, 15) is 18.8 Å². The number of amides is 3. The number of hydrogen-bond acceptors (Lipinski definition) is 4. The van der Waals surface area contributed by atoms with Gasteiger partial charge in [0.25, 0.3) is 5.91 Å². The summed E-state index contributed by atoms with van der Waals surface area (Å²) >= 11 is 0. The van der Waals surface area contributed by atoms with Crippen LogP contribution >= 0.6 is 0 Å².